The minimum absolute atomic E-state index is 0.117. The molecular weight excluding hydrogens is 372 g/mol. The molecule has 0 aromatic heterocycles. The van der Waals surface area contributed by atoms with Crippen molar-refractivity contribution >= 4 is 11.9 Å². The van der Waals surface area contributed by atoms with Gasteiger partial charge >= 0.3 is 11.9 Å². The van der Waals surface area contributed by atoms with Gasteiger partial charge in [-0.1, -0.05) is 36.4 Å². The SMILES string of the molecule is CC(C)O[C@@H]1OC(C)[C@H](OC(=O)c2ccccc2)C[C@@H]1OC(=O)c1ccccc1. The molecule has 0 spiro atoms. The second kappa shape index (κ2) is 9.67. The second-order valence-corrected chi connectivity index (χ2v) is 7.25. The molecule has 4 atom stereocenters. The Hall–Kier alpha value is -2.70. The minimum Gasteiger partial charge on any atom is -0.456 e. The summed E-state index contributed by atoms with van der Waals surface area (Å²) in [6.07, 6.45) is -2.23. The number of hydrogen-bond acceptors (Lipinski definition) is 6. The van der Waals surface area contributed by atoms with Crippen LogP contribution in [0, 0.1) is 0 Å². The summed E-state index contributed by atoms with van der Waals surface area (Å²) >= 11 is 0. The molecule has 2 aromatic carbocycles. The molecule has 29 heavy (non-hydrogen) atoms. The molecule has 1 saturated heterocycles. The van der Waals surface area contributed by atoms with E-state index in [1.807, 2.05) is 32.9 Å². The van der Waals surface area contributed by atoms with Crippen molar-refractivity contribution in [1.82, 2.24) is 0 Å². The fourth-order valence-electron chi connectivity index (χ4n) is 3.11. The van der Waals surface area contributed by atoms with Crippen LogP contribution in [-0.4, -0.2) is 42.6 Å². The number of esters is 2. The molecule has 0 aliphatic carbocycles. The van der Waals surface area contributed by atoms with Crippen LogP contribution in [0.1, 0.15) is 47.9 Å². The lowest BCUT2D eigenvalue weighted by atomic mass is 10.0. The standard InChI is InChI=1S/C23H26O6/c1-15(2)26-23-20(29-22(25)18-12-8-5-9-13-18)14-19(16(3)27-23)28-21(24)17-10-6-4-7-11-17/h4-13,15-16,19-20,23H,14H2,1-3H3/t16?,19-,20+,23-/m1/s1. The monoisotopic (exact) mass is 398 g/mol. The highest BCUT2D eigenvalue weighted by Crippen LogP contribution is 2.28. The van der Waals surface area contributed by atoms with E-state index in [1.165, 1.54) is 0 Å². The summed E-state index contributed by atoms with van der Waals surface area (Å²) in [5.74, 6) is -0.915. The molecule has 1 fully saturated rings. The van der Waals surface area contributed by atoms with Crippen molar-refractivity contribution in [2.75, 3.05) is 0 Å². The van der Waals surface area contributed by atoms with Gasteiger partial charge in [0.1, 0.15) is 6.10 Å². The van der Waals surface area contributed by atoms with Crippen LogP contribution >= 0.6 is 0 Å². The van der Waals surface area contributed by atoms with Crippen LogP contribution in [0.15, 0.2) is 60.7 Å². The van der Waals surface area contributed by atoms with Gasteiger partial charge in [-0.15, -0.1) is 0 Å². The Bertz CT molecular complexity index is 805. The molecule has 0 radical (unpaired) electrons. The lowest BCUT2D eigenvalue weighted by molar-refractivity contribution is -0.270. The van der Waals surface area contributed by atoms with Gasteiger partial charge in [0.2, 0.25) is 0 Å². The van der Waals surface area contributed by atoms with Crippen molar-refractivity contribution in [3.8, 4) is 0 Å². The van der Waals surface area contributed by atoms with Crippen molar-refractivity contribution < 1.29 is 28.5 Å². The lowest BCUT2D eigenvalue weighted by Crippen LogP contribution is -2.51. The summed E-state index contributed by atoms with van der Waals surface area (Å²) in [4.78, 5) is 25.0. The van der Waals surface area contributed by atoms with Crippen LogP contribution in [-0.2, 0) is 18.9 Å². The molecule has 0 amide bonds. The van der Waals surface area contributed by atoms with E-state index < -0.39 is 36.5 Å². The van der Waals surface area contributed by atoms with E-state index in [4.69, 9.17) is 18.9 Å². The maximum Gasteiger partial charge on any atom is 0.338 e. The number of hydrogen-bond donors (Lipinski definition) is 0. The number of ether oxygens (including phenoxy) is 4. The molecular formula is C23H26O6. The van der Waals surface area contributed by atoms with Crippen LogP contribution < -0.4 is 0 Å². The predicted octanol–water partition coefficient (Wildman–Crippen LogP) is 4.00. The first-order valence-corrected chi connectivity index (χ1v) is 9.77. The Morgan fingerprint density at radius 2 is 1.34 bits per heavy atom. The predicted molar refractivity (Wildman–Crippen MR) is 106 cm³/mol. The van der Waals surface area contributed by atoms with E-state index >= 15 is 0 Å². The number of carbonyl (C=O) groups is 2. The molecule has 0 saturated carbocycles. The van der Waals surface area contributed by atoms with E-state index in [-0.39, 0.29) is 12.5 Å². The number of carbonyl (C=O) groups excluding carboxylic acids is 2. The highest BCUT2D eigenvalue weighted by atomic mass is 16.7. The topological polar surface area (TPSA) is 71.1 Å². The number of rotatable bonds is 6. The van der Waals surface area contributed by atoms with Crippen LogP contribution in [0.4, 0.5) is 0 Å². The largest absolute Gasteiger partial charge is 0.456 e. The first kappa shape index (κ1) is 21.0. The molecule has 154 valence electrons. The van der Waals surface area contributed by atoms with Crippen molar-refractivity contribution in [1.29, 1.82) is 0 Å². The molecule has 0 bridgehead atoms. The minimum atomic E-state index is -0.732. The molecule has 3 rings (SSSR count). The lowest BCUT2D eigenvalue weighted by Gasteiger charge is -2.39. The second-order valence-electron chi connectivity index (χ2n) is 7.25. The van der Waals surface area contributed by atoms with Gasteiger partial charge in [0, 0.05) is 6.42 Å². The first-order chi connectivity index (χ1) is 13.9. The maximum absolute atomic E-state index is 12.5. The molecule has 2 aromatic rings. The summed E-state index contributed by atoms with van der Waals surface area (Å²) < 4.78 is 23.1. The molecule has 1 heterocycles. The van der Waals surface area contributed by atoms with Gasteiger partial charge in [-0.05, 0) is 45.0 Å². The molecule has 6 nitrogen and oxygen atoms in total. The van der Waals surface area contributed by atoms with Crippen LogP contribution in [0.3, 0.4) is 0 Å². The van der Waals surface area contributed by atoms with Gasteiger partial charge in [-0.3, -0.25) is 0 Å². The Morgan fingerprint density at radius 1 is 0.862 bits per heavy atom. The molecule has 1 unspecified atom stereocenters. The Kier molecular flexibility index (Phi) is 7.01. The van der Waals surface area contributed by atoms with E-state index in [0.29, 0.717) is 11.1 Å². The quantitative estimate of drug-likeness (QED) is 0.685. The third-order valence-electron chi connectivity index (χ3n) is 4.58. The van der Waals surface area contributed by atoms with Crippen LogP contribution in [0.25, 0.3) is 0 Å². The van der Waals surface area contributed by atoms with Gasteiger partial charge in [-0.25, -0.2) is 9.59 Å². The van der Waals surface area contributed by atoms with Crippen LogP contribution in [0.5, 0.6) is 0 Å². The summed E-state index contributed by atoms with van der Waals surface area (Å²) in [7, 11) is 0. The third-order valence-corrected chi connectivity index (χ3v) is 4.58. The van der Waals surface area contributed by atoms with E-state index in [9.17, 15) is 9.59 Å². The molecule has 1 aliphatic rings. The van der Waals surface area contributed by atoms with Gasteiger partial charge < -0.3 is 18.9 Å². The van der Waals surface area contributed by atoms with Crippen molar-refractivity contribution in [3.05, 3.63) is 71.8 Å². The maximum atomic E-state index is 12.5. The molecule has 0 N–H and O–H groups in total. The highest BCUT2D eigenvalue weighted by Gasteiger charge is 2.41. The van der Waals surface area contributed by atoms with E-state index in [2.05, 4.69) is 0 Å². The Morgan fingerprint density at radius 3 is 1.83 bits per heavy atom. The number of benzene rings is 2. The fraction of sp³-hybridized carbons (Fsp3) is 0.391. The van der Waals surface area contributed by atoms with Gasteiger partial charge in [0.15, 0.2) is 12.4 Å². The van der Waals surface area contributed by atoms with Crippen molar-refractivity contribution in [2.24, 2.45) is 0 Å². The highest BCUT2D eigenvalue weighted by molar-refractivity contribution is 5.90. The smallest absolute Gasteiger partial charge is 0.338 e. The first-order valence-electron chi connectivity index (χ1n) is 9.77. The van der Waals surface area contributed by atoms with Gasteiger partial charge in [0.05, 0.1) is 23.3 Å². The summed E-state index contributed by atoms with van der Waals surface area (Å²) in [6, 6.07) is 17.5. The third kappa shape index (κ3) is 5.65. The van der Waals surface area contributed by atoms with Crippen molar-refractivity contribution in [2.45, 2.75) is 57.9 Å². The fourth-order valence-corrected chi connectivity index (χ4v) is 3.11. The van der Waals surface area contributed by atoms with E-state index in [1.54, 1.807) is 48.5 Å². The zero-order valence-electron chi connectivity index (χ0n) is 16.8. The van der Waals surface area contributed by atoms with Crippen molar-refractivity contribution in [3.63, 3.8) is 0 Å². The normalized spacial score (nSPS) is 24.1. The van der Waals surface area contributed by atoms with Crippen LogP contribution in [0.2, 0.25) is 0 Å². The zero-order chi connectivity index (χ0) is 20.8. The molecule has 6 heteroatoms. The molecule has 1 aliphatic heterocycles. The van der Waals surface area contributed by atoms with Gasteiger partial charge in [-0.2, -0.15) is 0 Å². The average Bonchev–Trinajstić information content (AvgIpc) is 2.72. The Balaban J connectivity index is 1.72. The summed E-state index contributed by atoms with van der Waals surface area (Å²) in [5, 5.41) is 0. The van der Waals surface area contributed by atoms with E-state index in [0.717, 1.165) is 0 Å². The zero-order valence-corrected chi connectivity index (χ0v) is 16.8. The summed E-state index contributed by atoms with van der Waals surface area (Å²) in [5.41, 5.74) is 0.894. The van der Waals surface area contributed by atoms with Gasteiger partial charge in [0.25, 0.3) is 0 Å². The summed E-state index contributed by atoms with van der Waals surface area (Å²) in [6.45, 7) is 5.58. The Labute approximate surface area is 170 Å². The average molecular weight is 398 g/mol.